The van der Waals surface area contributed by atoms with Gasteiger partial charge in [-0.25, -0.2) is 0 Å². The zero-order chi connectivity index (χ0) is 9.68. The minimum atomic E-state index is 0.278. The Bertz CT molecular complexity index is 361. The minimum Gasteiger partial charge on any atom is -0.398 e. The third kappa shape index (κ3) is 2.24. The number of nitrogens with zero attached hydrogens (tertiary/aromatic N) is 1. The van der Waals surface area contributed by atoms with Crippen molar-refractivity contribution in [3.05, 3.63) is 29.8 Å². The molecule has 0 radical (unpaired) electrons. The van der Waals surface area contributed by atoms with Crippen LogP contribution in [0.4, 0.5) is 5.69 Å². The molecular formula is C10H11N3. The molecule has 0 aliphatic rings. The SMILES string of the molecule is C#CCN=C(N)c1ccccc1N. The van der Waals surface area contributed by atoms with Crippen LogP contribution in [0.25, 0.3) is 0 Å². The second-order valence-corrected chi connectivity index (χ2v) is 2.49. The number of rotatable bonds is 2. The van der Waals surface area contributed by atoms with Crippen molar-refractivity contribution >= 4 is 11.5 Å². The van der Waals surface area contributed by atoms with E-state index in [2.05, 4.69) is 10.9 Å². The van der Waals surface area contributed by atoms with Gasteiger partial charge < -0.3 is 11.5 Å². The summed E-state index contributed by atoms with van der Waals surface area (Å²) in [5, 5.41) is 0. The number of nitrogen functional groups attached to an aromatic ring is 1. The summed E-state index contributed by atoms with van der Waals surface area (Å²) in [5.74, 6) is 2.76. The predicted octanol–water partition coefficient (Wildman–Crippen LogP) is 0.607. The number of anilines is 1. The van der Waals surface area contributed by atoms with E-state index in [0.29, 0.717) is 11.5 Å². The zero-order valence-electron chi connectivity index (χ0n) is 7.20. The smallest absolute Gasteiger partial charge is 0.128 e. The lowest BCUT2D eigenvalue weighted by Crippen LogP contribution is -2.15. The van der Waals surface area contributed by atoms with Crippen molar-refractivity contribution in [3.8, 4) is 12.3 Å². The number of nitrogens with two attached hydrogens (primary N) is 2. The molecule has 13 heavy (non-hydrogen) atoms. The van der Waals surface area contributed by atoms with Gasteiger partial charge in [0.25, 0.3) is 0 Å². The fraction of sp³-hybridized carbons (Fsp3) is 0.100. The molecule has 1 rings (SSSR count). The highest BCUT2D eigenvalue weighted by Crippen LogP contribution is 2.09. The van der Waals surface area contributed by atoms with Gasteiger partial charge in [0.05, 0.1) is 0 Å². The number of benzene rings is 1. The maximum atomic E-state index is 5.68. The first kappa shape index (κ1) is 9.14. The lowest BCUT2D eigenvalue weighted by atomic mass is 10.1. The Morgan fingerprint density at radius 1 is 1.46 bits per heavy atom. The molecule has 66 valence electrons. The van der Waals surface area contributed by atoms with E-state index in [1.54, 1.807) is 6.07 Å². The van der Waals surface area contributed by atoms with Crippen LogP contribution in [0.2, 0.25) is 0 Å². The van der Waals surface area contributed by atoms with Crippen LogP contribution in [-0.2, 0) is 0 Å². The quantitative estimate of drug-likeness (QED) is 0.298. The van der Waals surface area contributed by atoms with Gasteiger partial charge in [-0.3, -0.25) is 4.99 Å². The molecule has 0 amide bonds. The number of hydrogen-bond donors (Lipinski definition) is 2. The number of aliphatic imine (C=N–C) groups is 1. The molecule has 0 spiro atoms. The molecule has 0 unspecified atom stereocenters. The lowest BCUT2D eigenvalue weighted by molar-refractivity contribution is 1.27. The summed E-state index contributed by atoms with van der Waals surface area (Å²) < 4.78 is 0. The number of para-hydroxylation sites is 1. The van der Waals surface area contributed by atoms with Crippen LogP contribution >= 0.6 is 0 Å². The van der Waals surface area contributed by atoms with Crippen LogP contribution in [-0.4, -0.2) is 12.4 Å². The minimum absolute atomic E-state index is 0.278. The van der Waals surface area contributed by atoms with Crippen LogP contribution in [0.15, 0.2) is 29.3 Å². The van der Waals surface area contributed by atoms with E-state index in [1.807, 2.05) is 18.2 Å². The summed E-state index contributed by atoms with van der Waals surface area (Å²) in [6.07, 6.45) is 5.05. The summed E-state index contributed by atoms with van der Waals surface area (Å²) >= 11 is 0. The predicted molar refractivity (Wildman–Crippen MR) is 55.3 cm³/mol. The van der Waals surface area contributed by atoms with Gasteiger partial charge >= 0.3 is 0 Å². The van der Waals surface area contributed by atoms with E-state index < -0.39 is 0 Å². The molecule has 0 atom stereocenters. The van der Waals surface area contributed by atoms with Crippen LogP contribution in [0.1, 0.15) is 5.56 Å². The van der Waals surface area contributed by atoms with Crippen molar-refractivity contribution in [2.45, 2.75) is 0 Å². The van der Waals surface area contributed by atoms with Gasteiger partial charge in [0.2, 0.25) is 0 Å². The highest BCUT2D eigenvalue weighted by molar-refractivity contribution is 6.01. The fourth-order valence-electron chi connectivity index (χ4n) is 0.946. The zero-order valence-corrected chi connectivity index (χ0v) is 7.20. The van der Waals surface area contributed by atoms with E-state index in [-0.39, 0.29) is 6.54 Å². The summed E-state index contributed by atoms with van der Waals surface area (Å²) in [4.78, 5) is 3.95. The Kier molecular flexibility index (Phi) is 2.93. The van der Waals surface area contributed by atoms with Crippen molar-refractivity contribution in [3.63, 3.8) is 0 Å². The third-order valence-corrected chi connectivity index (χ3v) is 1.58. The fourth-order valence-corrected chi connectivity index (χ4v) is 0.946. The van der Waals surface area contributed by atoms with Crippen molar-refractivity contribution in [2.24, 2.45) is 10.7 Å². The maximum absolute atomic E-state index is 5.68. The van der Waals surface area contributed by atoms with Crippen molar-refractivity contribution in [2.75, 3.05) is 12.3 Å². The average molecular weight is 173 g/mol. The van der Waals surface area contributed by atoms with Gasteiger partial charge in [0.1, 0.15) is 12.4 Å². The van der Waals surface area contributed by atoms with Gasteiger partial charge in [-0.1, -0.05) is 18.1 Å². The number of amidine groups is 1. The first-order valence-electron chi connectivity index (χ1n) is 3.84. The molecule has 0 saturated heterocycles. The Morgan fingerprint density at radius 3 is 2.77 bits per heavy atom. The molecule has 3 heteroatoms. The average Bonchev–Trinajstić information content (AvgIpc) is 2.15. The molecule has 4 N–H and O–H groups in total. The third-order valence-electron chi connectivity index (χ3n) is 1.58. The number of terminal acetylenes is 1. The molecule has 0 aromatic heterocycles. The van der Waals surface area contributed by atoms with Gasteiger partial charge in [-0.05, 0) is 12.1 Å². The Balaban J connectivity index is 2.96. The molecule has 0 bridgehead atoms. The summed E-state index contributed by atoms with van der Waals surface area (Å²) in [7, 11) is 0. The Hall–Kier alpha value is -1.95. The largest absolute Gasteiger partial charge is 0.398 e. The maximum Gasteiger partial charge on any atom is 0.128 e. The van der Waals surface area contributed by atoms with E-state index >= 15 is 0 Å². The molecule has 1 aromatic rings. The first-order chi connectivity index (χ1) is 6.25. The standard InChI is InChI=1S/C10H11N3/c1-2-7-13-10(12)8-5-3-4-6-9(8)11/h1,3-6H,7,11H2,(H2,12,13). The molecule has 3 nitrogen and oxygen atoms in total. The summed E-state index contributed by atoms with van der Waals surface area (Å²) in [6, 6.07) is 7.27. The van der Waals surface area contributed by atoms with Crippen LogP contribution < -0.4 is 11.5 Å². The molecule has 1 aromatic carbocycles. The second kappa shape index (κ2) is 4.17. The van der Waals surface area contributed by atoms with Gasteiger partial charge in [0.15, 0.2) is 0 Å². The normalized spacial score (nSPS) is 10.8. The second-order valence-electron chi connectivity index (χ2n) is 2.49. The Labute approximate surface area is 77.5 Å². The molecule has 0 fully saturated rings. The molecule has 0 saturated carbocycles. The Morgan fingerprint density at radius 2 is 2.15 bits per heavy atom. The van der Waals surface area contributed by atoms with Crippen LogP contribution in [0.5, 0.6) is 0 Å². The molecule has 0 heterocycles. The van der Waals surface area contributed by atoms with E-state index in [4.69, 9.17) is 17.9 Å². The summed E-state index contributed by atoms with van der Waals surface area (Å²) in [6.45, 7) is 0.278. The molecule has 0 aliphatic carbocycles. The first-order valence-corrected chi connectivity index (χ1v) is 3.84. The molecular weight excluding hydrogens is 162 g/mol. The summed E-state index contributed by atoms with van der Waals surface area (Å²) in [5.41, 5.74) is 12.7. The van der Waals surface area contributed by atoms with Crippen molar-refractivity contribution < 1.29 is 0 Å². The van der Waals surface area contributed by atoms with Crippen molar-refractivity contribution in [1.29, 1.82) is 0 Å². The van der Waals surface area contributed by atoms with E-state index in [1.165, 1.54) is 0 Å². The van der Waals surface area contributed by atoms with Gasteiger partial charge in [-0.15, -0.1) is 6.42 Å². The monoisotopic (exact) mass is 173 g/mol. The van der Waals surface area contributed by atoms with Crippen LogP contribution in [0.3, 0.4) is 0 Å². The topological polar surface area (TPSA) is 64.4 Å². The van der Waals surface area contributed by atoms with Crippen LogP contribution in [0, 0.1) is 12.3 Å². The number of hydrogen-bond acceptors (Lipinski definition) is 2. The van der Waals surface area contributed by atoms with E-state index in [9.17, 15) is 0 Å². The van der Waals surface area contributed by atoms with E-state index in [0.717, 1.165) is 5.56 Å². The van der Waals surface area contributed by atoms with Crippen molar-refractivity contribution in [1.82, 2.24) is 0 Å². The van der Waals surface area contributed by atoms with Gasteiger partial charge in [0, 0.05) is 11.3 Å². The highest BCUT2D eigenvalue weighted by atomic mass is 14.8. The molecule has 0 aliphatic heterocycles. The van der Waals surface area contributed by atoms with Gasteiger partial charge in [-0.2, -0.15) is 0 Å². The highest BCUT2D eigenvalue weighted by Gasteiger charge is 2.00. The lowest BCUT2D eigenvalue weighted by Gasteiger charge is -2.02.